The Bertz CT molecular complexity index is 1630. The van der Waals surface area contributed by atoms with E-state index < -0.39 is 0 Å². The first-order valence-corrected chi connectivity index (χ1v) is 12.3. The fourth-order valence-corrected chi connectivity index (χ4v) is 5.68. The number of likely N-dealkylation sites (tertiary alicyclic amines) is 1. The normalized spacial score (nSPS) is 14.3. The van der Waals surface area contributed by atoms with Crippen molar-refractivity contribution in [1.82, 2.24) is 34.8 Å². The van der Waals surface area contributed by atoms with E-state index in [0.717, 1.165) is 30.1 Å². The largest absolute Gasteiger partial charge is 0.481 e. The van der Waals surface area contributed by atoms with Gasteiger partial charge in [-0.1, -0.05) is 0 Å². The van der Waals surface area contributed by atoms with E-state index in [2.05, 4.69) is 30.3 Å². The number of carbonyl (C=O) groups is 1. The zero-order valence-electron chi connectivity index (χ0n) is 19.1. The Labute approximate surface area is 203 Å². The molecule has 0 unspecified atom stereocenters. The highest BCUT2D eigenvalue weighted by atomic mass is 32.1. The Morgan fingerprint density at radius 1 is 1.26 bits per heavy atom. The number of pyridine rings is 3. The van der Waals surface area contributed by atoms with E-state index in [1.54, 1.807) is 23.9 Å². The summed E-state index contributed by atoms with van der Waals surface area (Å²) in [7, 11) is 1.57. The van der Waals surface area contributed by atoms with Gasteiger partial charge in [0.05, 0.1) is 28.6 Å². The number of nitrogens with one attached hydrogen (secondary N) is 2. The minimum atomic E-state index is -0.276. The van der Waals surface area contributed by atoms with Crippen molar-refractivity contribution >= 4 is 44.0 Å². The van der Waals surface area contributed by atoms with Gasteiger partial charge in [-0.15, -0.1) is 11.3 Å². The number of amides is 1. The molecular formula is C24H23N7O3S. The highest BCUT2D eigenvalue weighted by Gasteiger charge is 2.20. The first-order chi connectivity index (χ1) is 17.1. The number of aromatic amines is 1. The fraction of sp³-hybridized carbons (Fsp3) is 0.292. The summed E-state index contributed by atoms with van der Waals surface area (Å²) in [4.78, 5) is 41.3. The Morgan fingerprint density at radius 3 is 2.94 bits per heavy atom. The van der Waals surface area contributed by atoms with E-state index in [0.29, 0.717) is 44.8 Å². The number of fused-ring (bicyclic) bond motifs is 5. The Morgan fingerprint density at radius 2 is 2.11 bits per heavy atom. The van der Waals surface area contributed by atoms with Crippen LogP contribution in [0.1, 0.15) is 23.2 Å². The predicted molar refractivity (Wildman–Crippen MR) is 134 cm³/mol. The molecule has 11 heteroatoms. The van der Waals surface area contributed by atoms with Crippen LogP contribution in [-0.2, 0) is 0 Å². The van der Waals surface area contributed by atoms with Crippen molar-refractivity contribution in [2.75, 3.05) is 33.3 Å². The minimum Gasteiger partial charge on any atom is -0.481 e. The van der Waals surface area contributed by atoms with Crippen LogP contribution in [0.15, 0.2) is 41.6 Å². The molecule has 1 saturated heterocycles. The van der Waals surface area contributed by atoms with Gasteiger partial charge in [-0.25, -0.2) is 9.50 Å². The molecule has 35 heavy (non-hydrogen) atoms. The highest BCUT2D eigenvalue weighted by Crippen LogP contribution is 2.36. The zero-order valence-corrected chi connectivity index (χ0v) is 19.9. The molecule has 10 nitrogen and oxygen atoms in total. The standard InChI is InChI=1S/C24H23N7O3S/c1-34-23-15(5-4-6-26-23)17-13-31-24(35-17)18-20(29-31)19-16(28-22(18)33)11-14(12-27-19)21(32)25-7-10-30-8-2-3-9-30/h4-6,11-13H,2-3,7-10H2,1H3,(H,25,32)(H,28,33). The maximum Gasteiger partial charge on any atom is 0.261 e. The number of hydrogen-bond donors (Lipinski definition) is 2. The van der Waals surface area contributed by atoms with Gasteiger partial charge in [-0.2, -0.15) is 5.10 Å². The second-order valence-electron chi connectivity index (χ2n) is 8.51. The monoisotopic (exact) mass is 489 g/mol. The topological polar surface area (TPSA) is 118 Å². The summed E-state index contributed by atoms with van der Waals surface area (Å²) in [5, 5.41) is 8.06. The molecule has 6 heterocycles. The van der Waals surface area contributed by atoms with E-state index in [1.807, 2.05) is 18.3 Å². The van der Waals surface area contributed by atoms with Gasteiger partial charge in [0, 0.05) is 31.7 Å². The third-order valence-corrected chi connectivity index (χ3v) is 7.43. The summed E-state index contributed by atoms with van der Waals surface area (Å²) in [6, 6.07) is 5.41. The second-order valence-corrected chi connectivity index (χ2v) is 9.54. The lowest BCUT2D eigenvalue weighted by Gasteiger charge is -2.14. The molecule has 0 aliphatic carbocycles. The minimum absolute atomic E-state index is 0.208. The Balaban J connectivity index is 1.34. The van der Waals surface area contributed by atoms with Crippen molar-refractivity contribution in [3.63, 3.8) is 0 Å². The van der Waals surface area contributed by atoms with Crippen molar-refractivity contribution in [2.24, 2.45) is 0 Å². The molecule has 5 aromatic rings. The molecule has 1 fully saturated rings. The molecular weight excluding hydrogens is 466 g/mol. The SMILES string of the molecule is COc1ncccc1-c1cn2nc3c4ncc(C(=O)NCCN5CCCC5)cc4[nH]c(=O)c3c2s1. The van der Waals surface area contributed by atoms with Crippen molar-refractivity contribution in [3.05, 3.63) is 52.7 Å². The molecule has 1 aliphatic heterocycles. The number of hydrogen-bond acceptors (Lipinski definition) is 8. The highest BCUT2D eigenvalue weighted by molar-refractivity contribution is 7.21. The number of ether oxygens (including phenoxy) is 1. The molecule has 0 spiro atoms. The van der Waals surface area contributed by atoms with E-state index in [-0.39, 0.29) is 11.5 Å². The van der Waals surface area contributed by atoms with Crippen LogP contribution < -0.4 is 15.6 Å². The average molecular weight is 490 g/mol. The first kappa shape index (κ1) is 21.7. The number of nitrogens with zero attached hydrogens (tertiary/aromatic N) is 5. The summed E-state index contributed by atoms with van der Waals surface area (Å²) >= 11 is 1.43. The number of thiazole rings is 1. The number of carbonyl (C=O) groups excluding carboxylic acids is 1. The molecule has 1 amide bonds. The number of rotatable bonds is 6. The Kier molecular flexibility index (Phi) is 5.42. The lowest BCUT2D eigenvalue weighted by molar-refractivity contribution is 0.0949. The molecule has 0 radical (unpaired) electrons. The van der Waals surface area contributed by atoms with E-state index >= 15 is 0 Å². The smallest absolute Gasteiger partial charge is 0.261 e. The molecule has 2 N–H and O–H groups in total. The van der Waals surface area contributed by atoms with Gasteiger partial charge in [-0.3, -0.25) is 14.6 Å². The van der Waals surface area contributed by atoms with Crippen molar-refractivity contribution in [1.29, 1.82) is 0 Å². The fourth-order valence-electron chi connectivity index (χ4n) is 4.58. The zero-order chi connectivity index (χ0) is 23.9. The van der Waals surface area contributed by atoms with Gasteiger partial charge in [0.2, 0.25) is 5.88 Å². The van der Waals surface area contributed by atoms with Gasteiger partial charge in [0.1, 0.15) is 21.3 Å². The Hall–Kier alpha value is -3.83. The predicted octanol–water partition coefficient (Wildman–Crippen LogP) is 2.68. The van der Waals surface area contributed by atoms with Crippen LogP contribution in [-0.4, -0.2) is 68.7 Å². The summed E-state index contributed by atoms with van der Waals surface area (Å²) in [5.74, 6) is 0.300. The number of methoxy groups -OCH3 is 1. The molecule has 0 atom stereocenters. The maximum atomic E-state index is 13.1. The van der Waals surface area contributed by atoms with Gasteiger partial charge >= 0.3 is 0 Å². The molecule has 0 saturated carbocycles. The number of H-pyrrole nitrogens is 1. The van der Waals surface area contributed by atoms with E-state index in [1.165, 1.54) is 30.4 Å². The van der Waals surface area contributed by atoms with Gasteiger partial charge in [0.15, 0.2) is 0 Å². The van der Waals surface area contributed by atoms with Crippen LogP contribution in [0.2, 0.25) is 0 Å². The van der Waals surface area contributed by atoms with Crippen molar-refractivity contribution in [2.45, 2.75) is 12.8 Å². The van der Waals surface area contributed by atoms with Crippen LogP contribution in [0.3, 0.4) is 0 Å². The van der Waals surface area contributed by atoms with Crippen LogP contribution in [0.4, 0.5) is 0 Å². The lowest BCUT2D eigenvalue weighted by atomic mass is 10.2. The van der Waals surface area contributed by atoms with Crippen molar-refractivity contribution in [3.8, 4) is 16.3 Å². The molecule has 5 aromatic heterocycles. The molecule has 6 rings (SSSR count). The quantitative estimate of drug-likeness (QED) is 0.377. The second kappa shape index (κ2) is 8.75. The summed E-state index contributed by atoms with van der Waals surface area (Å²) in [6.45, 7) is 3.59. The van der Waals surface area contributed by atoms with Crippen LogP contribution in [0, 0.1) is 0 Å². The lowest BCUT2D eigenvalue weighted by Crippen LogP contribution is -2.33. The van der Waals surface area contributed by atoms with Gasteiger partial charge in [0.25, 0.3) is 11.5 Å². The van der Waals surface area contributed by atoms with Crippen LogP contribution in [0.5, 0.6) is 5.88 Å². The molecule has 0 bridgehead atoms. The molecule has 1 aliphatic rings. The first-order valence-electron chi connectivity index (χ1n) is 11.5. The van der Waals surface area contributed by atoms with Gasteiger partial charge in [-0.05, 0) is 44.1 Å². The van der Waals surface area contributed by atoms with Gasteiger partial charge < -0.3 is 19.9 Å². The molecule has 178 valence electrons. The summed E-state index contributed by atoms with van der Waals surface area (Å²) in [5.41, 5.74) is 2.48. The van der Waals surface area contributed by atoms with Crippen LogP contribution >= 0.6 is 11.3 Å². The van der Waals surface area contributed by atoms with E-state index in [9.17, 15) is 9.59 Å². The van der Waals surface area contributed by atoms with Crippen LogP contribution in [0.25, 0.3) is 37.2 Å². The summed E-state index contributed by atoms with van der Waals surface area (Å²) < 4.78 is 7.06. The third-order valence-electron chi connectivity index (χ3n) is 6.30. The average Bonchev–Trinajstić information content (AvgIpc) is 3.60. The third kappa shape index (κ3) is 3.82. The van der Waals surface area contributed by atoms with E-state index in [4.69, 9.17) is 4.74 Å². The summed E-state index contributed by atoms with van der Waals surface area (Å²) in [6.07, 6.45) is 7.49. The molecule has 0 aromatic carbocycles. The number of aromatic nitrogens is 5. The maximum absolute atomic E-state index is 13.1. The van der Waals surface area contributed by atoms with Crippen molar-refractivity contribution < 1.29 is 9.53 Å².